The van der Waals surface area contributed by atoms with Crippen LogP contribution in [0.3, 0.4) is 0 Å². The topological polar surface area (TPSA) is 74.2 Å². The number of nitrogens with zero attached hydrogens (tertiary/aromatic N) is 1. The Labute approximate surface area is 179 Å². The summed E-state index contributed by atoms with van der Waals surface area (Å²) in [7, 11) is 0. The van der Waals surface area contributed by atoms with Crippen molar-refractivity contribution in [1.29, 1.82) is 0 Å². The Kier molecular flexibility index (Phi) is 5.69. The normalized spacial score (nSPS) is 20.6. The molecule has 2 fully saturated rings. The smallest absolute Gasteiger partial charge is 0.253 e. The number of carbonyl (C=O) groups excluding carboxylic acids is 1. The van der Waals surface area contributed by atoms with Gasteiger partial charge in [-0.3, -0.25) is 9.78 Å². The third-order valence-electron chi connectivity index (χ3n) is 7.01. The zero-order chi connectivity index (χ0) is 21.4. The minimum Gasteiger partial charge on any atom is -0.380 e. The first kappa shape index (κ1) is 21.0. The van der Waals surface area contributed by atoms with E-state index in [2.05, 4.69) is 48.5 Å². The van der Waals surface area contributed by atoms with Gasteiger partial charge < -0.3 is 15.7 Å². The number of rotatable bonds is 6. The Morgan fingerprint density at radius 3 is 2.40 bits per heavy atom. The van der Waals surface area contributed by atoms with Gasteiger partial charge in [0, 0.05) is 42.5 Å². The zero-order valence-electron chi connectivity index (χ0n) is 18.2. The molecule has 2 heterocycles. The second kappa shape index (κ2) is 8.12. The van der Waals surface area contributed by atoms with Crippen molar-refractivity contribution in [1.82, 2.24) is 15.6 Å². The molecule has 0 unspecified atom stereocenters. The molecule has 1 aromatic carbocycles. The summed E-state index contributed by atoms with van der Waals surface area (Å²) >= 11 is 0. The molecular weight excluding hydrogens is 374 g/mol. The van der Waals surface area contributed by atoms with Crippen molar-refractivity contribution in [3.8, 4) is 0 Å². The molecule has 2 aromatic rings. The highest BCUT2D eigenvalue weighted by molar-refractivity contribution is 5.94. The number of carbonyl (C=O) groups is 1. The molecule has 1 saturated carbocycles. The molecule has 2 aliphatic rings. The van der Waals surface area contributed by atoms with E-state index in [-0.39, 0.29) is 17.4 Å². The summed E-state index contributed by atoms with van der Waals surface area (Å²) in [5.74, 6) is 0.322. The Morgan fingerprint density at radius 2 is 1.83 bits per heavy atom. The van der Waals surface area contributed by atoms with Crippen LogP contribution in [0.1, 0.15) is 79.4 Å². The molecule has 0 radical (unpaired) electrons. The molecule has 1 amide bonds. The average Bonchev–Trinajstić information content (AvgIpc) is 3.24. The molecule has 1 saturated heterocycles. The fourth-order valence-corrected chi connectivity index (χ4v) is 4.83. The first-order chi connectivity index (χ1) is 14.3. The van der Waals surface area contributed by atoms with Crippen molar-refractivity contribution in [2.24, 2.45) is 5.41 Å². The first-order valence-electron chi connectivity index (χ1n) is 11.1. The van der Waals surface area contributed by atoms with Gasteiger partial charge in [-0.15, -0.1) is 0 Å². The molecule has 5 heteroatoms. The maximum Gasteiger partial charge on any atom is 0.253 e. The largest absolute Gasteiger partial charge is 0.380 e. The number of aromatic nitrogens is 1. The minimum atomic E-state index is -1.23. The van der Waals surface area contributed by atoms with E-state index in [1.807, 2.05) is 18.2 Å². The summed E-state index contributed by atoms with van der Waals surface area (Å²) in [6, 6.07) is 10.3. The summed E-state index contributed by atoms with van der Waals surface area (Å²) in [6.07, 6.45) is 7.70. The standard InChI is InChI=1S/C25H33N3O2/c1-17(2)18-8-10-20(11-9-18)25(30,24(3)15-27-16-24)21-12-19(13-26-14-21)23(29)28-22-6-4-5-7-22/h8-14,17,22,27,30H,4-7,15-16H2,1-3H3,(H,28,29)/t25-/m0/s1. The van der Waals surface area contributed by atoms with Crippen LogP contribution in [0.2, 0.25) is 0 Å². The molecule has 30 heavy (non-hydrogen) atoms. The fraction of sp³-hybridized carbons (Fsp3) is 0.520. The fourth-order valence-electron chi connectivity index (χ4n) is 4.83. The van der Waals surface area contributed by atoms with Crippen LogP contribution in [0.15, 0.2) is 42.7 Å². The van der Waals surface area contributed by atoms with Crippen LogP contribution in [-0.4, -0.2) is 35.1 Å². The number of nitrogens with one attached hydrogen (secondary N) is 2. The van der Waals surface area contributed by atoms with Crippen molar-refractivity contribution in [2.75, 3.05) is 13.1 Å². The van der Waals surface area contributed by atoms with Gasteiger partial charge >= 0.3 is 0 Å². The minimum absolute atomic E-state index is 0.106. The Bertz CT molecular complexity index is 899. The van der Waals surface area contributed by atoms with Crippen molar-refractivity contribution in [2.45, 2.75) is 64.0 Å². The van der Waals surface area contributed by atoms with Crippen LogP contribution in [0, 0.1) is 5.41 Å². The number of amides is 1. The number of pyridine rings is 1. The molecule has 5 nitrogen and oxygen atoms in total. The lowest BCUT2D eigenvalue weighted by Crippen LogP contribution is -2.63. The van der Waals surface area contributed by atoms with Crippen LogP contribution in [0.5, 0.6) is 0 Å². The van der Waals surface area contributed by atoms with Gasteiger partial charge in [-0.05, 0) is 36.0 Å². The quantitative estimate of drug-likeness (QED) is 0.682. The van der Waals surface area contributed by atoms with Crippen molar-refractivity contribution in [3.05, 3.63) is 65.0 Å². The van der Waals surface area contributed by atoms with Gasteiger partial charge in [0.1, 0.15) is 5.60 Å². The third-order valence-corrected chi connectivity index (χ3v) is 7.01. The molecule has 1 aliphatic carbocycles. The molecule has 0 bridgehead atoms. The maximum absolute atomic E-state index is 12.8. The molecule has 3 N–H and O–H groups in total. The summed E-state index contributed by atoms with van der Waals surface area (Å²) in [5, 5.41) is 18.6. The van der Waals surface area contributed by atoms with Crippen LogP contribution < -0.4 is 10.6 Å². The Morgan fingerprint density at radius 1 is 1.17 bits per heavy atom. The van der Waals surface area contributed by atoms with E-state index in [4.69, 9.17) is 0 Å². The highest BCUT2D eigenvalue weighted by Crippen LogP contribution is 2.47. The number of aliphatic hydroxyl groups is 1. The van der Waals surface area contributed by atoms with Crippen LogP contribution in [0.25, 0.3) is 0 Å². The van der Waals surface area contributed by atoms with E-state index >= 15 is 0 Å². The summed E-state index contributed by atoms with van der Waals surface area (Å²) in [6.45, 7) is 7.82. The third kappa shape index (κ3) is 3.65. The summed E-state index contributed by atoms with van der Waals surface area (Å²) in [4.78, 5) is 17.2. The SMILES string of the molecule is CC(C)c1ccc([C@](O)(c2cncc(C(=O)NC3CCCC3)c2)C2(C)CNC2)cc1. The molecule has 1 aromatic heterocycles. The van der Waals surface area contributed by atoms with Gasteiger partial charge in [0.25, 0.3) is 5.91 Å². The van der Waals surface area contributed by atoms with Gasteiger partial charge in [-0.1, -0.05) is 57.9 Å². The average molecular weight is 408 g/mol. The lowest BCUT2D eigenvalue weighted by Gasteiger charge is -2.52. The highest BCUT2D eigenvalue weighted by atomic mass is 16.3. The van der Waals surface area contributed by atoms with Crippen molar-refractivity contribution in [3.63, 3.8) is 0 Å². The van der Waals surface area contributed by atoms with E-state index in [1.165, 1.54) is 18.4 Å². The van der Waals surface area contributed by atoms with Crippen LogP contribution >= 0.6 is 0 Å². The predicted octanol–water partition coefficient (Wildman–Crippen LogP) is 3.72. The van der Waals surface area contributed by atoms with Gasteiger partial charge in [0.05, 0.1) is 5.56 Å². The van der Waals surface area contributed by atoms with Crippen LogP contribution in [0.4, 0.5) is 0 Å². The van der Waals surface area contributed by atoms with Crippen molar-refractivity contribution >= 4 is 5.91 Å². The Balaban J connectivity index is 1.70. The monoisotopic (exact) mass is 407 g/mol. The molecule has 4 rings (SSSR count). The number of hydrogen-bond donors (Lipinski definition) is 3. The van der Waals surface area contributed by atoms with Gasteiger partial charge in [-0.2, -0.15) is 0 Å². The van der Waals surface area contributed by atoms with E-state index in [1.54, 1.807) is 12.4 Å². The predicted molar refractivity (Wildman–Crippen MR) is 118 cm³/mol. The highest BCUT2D eigenvalue weighted by Gasteiger charge is 2.53. The van der Waals surface area contributed by atoms with E-state index in [0.29, 0.717) is 30.1 Å². The number of benzene rings is 1. The second-order valence-electron chi connectivity index (χ2n) is 9.57. The van der Waals surface area contributed by atoms with Crippen molar-refractivity contribution < 1.29 is 9.90 Å². The van der Waals surface area contributed by atoms with E-state index in [9.17, 15) is 9.90 Å². The molecular formula is C25H33N3O2. The Hall–Kier alpha value is -2.24. The van der Waals surface area contributed by atoms with Crippen LogP contribution in [-0.2, 0) is 5.60 Å². The van der Waals surface area contributed by atoms with E-state index in [0.717, 1.165) is 18.4 Å². The van der Waals surface area contributed by atoms with E-state index < -0.39 is 5.60 Å². The lowest BCUT2D eigenvalue weighted by molar-refractivity contribution is -0.0769. The first-order valence-corrected chi connectivity index (χ1v) is 11.1. The second-order valence-corrected chi connectivity index (χ2v) is 9.57. The molecule has 160 valence electrons. The summed E-state index contributed by atoms with van der Waals surface area (Å²) < 4.78 is 0. The molecule has 1 aliphatic heterocycles. The van der Waals surface area contributed by atoms with Gasteiger partial charge in [-0.25, -0.2) is 0 Å². The molecule has 1 atom stereocenters. The van der Waals surface area contributed by atoms with Gasteiger partial charge in [0.2, 0.25) is 0 Å². The zero-order valence-corrected chi connectivity index (χ0v) is 18.2. The summed E-state index contributed by atoms with van der Waals surface area (Å²) in [5.41, 5.74) is 1.64. The lowest BCUT2D eigenvalue weighted by atomic mass is 9.63. The number of hydrogen-bond acceptors (Lipinski definition) is 4. The molecule has 0 spiro atoms. The van der Waals surface area contributed by atoms with Gasteiger partial charge in [0.15, 0.2) is 0 Å². The maximum atomic E-state index is 12.8.